The van der Waals surface area contributed by atoms with Gasteiger partial charge in [0.1, 0.15) is 11.9 Å². The molecule has 1 aromatic carbocycles. The van der Waals surface area contributed by atoms with Crippen LogP contribution in [0, 0.1) is 0 Å². The topological polar surface area (TPSA) is 39.1 Å². The Hall–Kier alpha value is -1.39. The van der Waals surface area contributed by atoms with E-state index >= 15 is 0 Å². The number of hydrogen-bond acceptors (Lipinski definition) is 3. The molecule has 3 rings (SSSR count). The van der Waals surface area contributed by atoms with Gasteiger partial charge >= 0.3 is 0 Å². The standard InChI is InChI=1S/C16H23N3O/c1-4-16(5-2)11-20-14(10-17-16)15-18-12-8-6-7-9-13(12)19(15)3/h6-9,14,17H,4-5,10-11H2,1-3H3. The van der Waals surface area contributed by atoms with Crippen LogP contribution in [0.25, 0.3) is 11.0 Å². The Balaban J connectivity index is 1.85. The van der Waals surface area contributed by atoms with Crippen LogP contribution < -0.4 is 5.32 Å². The quantitative estimate of drug-likeness (QED) is 0.934. The summed E-state index contributed by atoms with van der Waals surface area (Å²) in [4.78, 5) is 4.73. The molecular formula is C16H23N3O. The highest BCUT2D eigenvalue weighted by molar-refractivity contribution is 5.75. The van der Waals surface area contributed by atoms with Gasteiger partial charge in [-0.05, 0) is 25.0 Å². The third-order valence-electron chi connectivity index (χ3n) is 4.69. The summed E-state index contributed by atoms with van der Waals surface area (Å²) in [6.45, 7) is 6.03. The molecule has 1 aliphatic heterocycles. The molecule has 4 heteroatoms. The van der Waals surface area contributed by atoms with Gasteiger partial charge in [-0.3, -0.25) is 0 Å². The number of nitrogens with one attached hydrogen (secondary N) is 1. The maximum Gasteiger partial charge on any atom is 0.140 e. The molecule has 2 aromatic rings. The van der Waals surface area contributed by atoms with Gasteiger partial charge in [0, 0.05) is 19.1 Å². The van der Waals surface area contributed by atoms with Crippen LogP contribution in [0.15, 0.2) is 24.3 Å². The number of para-hydroxylation sites is 2. The van der Waals surface area contributed by atoms with Gasteiger partial charge < -0.3 is 14.6 Å². The molecule has 2 heterocycles. The van der Waals surface area contributed by atoms with E-state index < -0.39 is 0 Å². The van der Waals surface area contributed by atoms with E-state index in [1.165, 1.54) is 0 Å². The van der Waals surface area contributed by atoms with Crippen LogP contribution in [0.2, 0.25) is 0 Å². The molecule has 0 saturated carbocycles. The first-order valence-electron chi connectivity index (χ1n) is 7.47. The molecule has 108 valence electrons. The van der Waals surface area contributed by atoms with Gasteiger partial charge in [0.05, 0.1) is 17.6 Å². The van der Waals surface area contributed by atoms with Crippen LogP contribution >= 0.6 is 0 Å². The molecule has 1 N–H and O–H groups in total. The van der Waals surface area contributed by atoms with Crippen molar-refractivity contribution in [3.8, 4) is 0 Å². The molecule has 20 heavy (non-hydrogen) atoms. The molecule has 1 saturated heterocycles. The molecular weight excluding hydrogens is 250 g/mol. The number of benzene rings is 1. The lowest BCUT2D eigenvalue weighted by Crippen LogP contribution is -2.54. The van der Waals surface area contributed by atoms with Gasteiger partial charge in [0.2, 0.25) is 0 Å². The summed E-state index contributed by atoms with van der Waals surface area (Å²) < 4.78 is 8.27. The second-order valence-electron chi connectivity index (χ2n) is 5.69. The van der Waals surface area contributed by atoms with Crippen LogP contribution in [0.3, 0.4) is 0 Å². The predicted molar refractivity (Wildman–Crippen MR) is 80.7 cm³/mol. The Kier molecular flexibility index (Phi) is 3.52. The van der Waals surface area contributed by atoms with Crippen molar-refractivity contribution in [1.82, 2.24) is 14.9 Å². The Morgan fingerprint density at radius 3 is 2.70 bits per heavy atom. The zero-order chi connectivity index (χ0) is 14.2. The molecule has 0 amide bonds. The van der Waals surface area contributed by atoms with E-state index in [0.717, 1.165) is 42.9 Å². The lowest BCUT2D eigenvalue weighted by molar-refractivity contribution is -0.0422. The SMILES string of the molecule is CCC1(CC)COC(c2nc3ccccc3n2C)CN1. The molecule has 0 bridgehead atoms. The minimum Gasteiger partial charge on any atom is -0.367 e. The number of fused-ring (bicyclic) bond motifs is 1. The predicted octanol–water partition coefficient (Wildman–Crippen LogP) is 2.79. The Bertz CT molecular complexity index is 591. The van der Waals surface area contributed by atoms with Crippen molar-refractivity contribution < 1.29 is 4.74 Å². The smallest absolute Gasteiger partial charge is 0.140 e. The van der Waals surface area contributed by atoms with Crippen molar-refractivity contribution in [2.75, 3.05) is 13.2 Å². The fraction of sp³-hybridized carbons (Fsp3) is 0.562. The minimum absolute atomic E-state index is 0.0404. The van der Waals surface area contributed by atoms with E-state index in [1.807, 2.05) is 12.1 Å². The van der Waals surface area contributed by atoms with Crippen molar-refractivity contribution in [3.05, 3.63) is 30.1 Å². The zero-order valence-corrected chi connectivity index (χ0v) is 12.5. The summed E-state index contributed by atoms with van der Waals surface area (Å²) in [5.74, 6) is 1.01. The highest BCUT2D eigenvalue weighted by Crippen LogP contribution is 2.28. The summed E-state index contributed by atoms with van der Waals surface area (Å²) in [5.41, 5.74) is 2.34. The fourth-order valence-electron chi connectivity index (χ4n) is 3.00. The van der Waals surface area contributed by atoms with Gasteiger partial charge in [-0.25, -0.2) is 4.98 Å². The average Bonchev–Trinajstić information content (AvgIpc) is 2.85. The molecule has 0 aliphatic carbocycles. The van der Waals surface area contributed by atoms with Crippen LogP contribution in [-0.4, -0.2) is 28.2 Å². The first-order chi connectivity index (χ1) is 9.69. The molecule has 0 spiro atoms. The zero-order valence-electron chi connectivity index (χ0n) is 12.5. The van der Waals surface area contributed by atoms with E-state index in [2.05, 4.69) is 42.9 Å². The highest BCUT2D eigenvalue weighted by Gasteiger charge is 2.34. The summed E-state index contributed by atoms with van der Waals surface area (Å²) in [6, 6.07) is 8.23. The Morgan fingerprint density at radius 1 is 1.35 bits per heavy atom. The van der Waals surface area contributed by atoms with E-state index in [-0.39, 0.29) is 11.6 Å². The largest absolute Gasteiger partial charge is 0.367 e. The number of imidazole rings is 1. The van der Waals surface area contributed by atoms with E-state index in [9.17, 15) is 0 Å². The van der Waals surface area contributed by atoms with Crippen LogP contribution in [-0.2, 0) is 11.8 Å². The summed E-state index contributed by atoms with van der Waals surface area (Å²) in [7, 11) is 2.07. The second-order valence-corrected chi connectivity index (χ2v) is 5.69. The first-order valence-corrected chi connectivity index (χ1v) is 7.47. The second kappa shape index (κ2) is 5.19. The molecule has 1 aliphatic rings. The van der Waals surface area contributed by atoms with Gasteiger partial charge in [-0.2, -0.15) is 0 Å². The normalized spacial score (nSPS) is 22.2. The molecule has 1 atom stereocenters. The molecule has 4 nitrogen and oxygen atoms in total. The van der Waals surface area contributed by atoms with Gasteiger partial charge in [-0.15, -0.1) is 0 Å². The molecule has 1 unspecified atom stereocenters. The lowest BCUT2D eigenvalue weighted by atomic mass is 9.92. The molecule has 0 radical (unpaired) electrons. The van der Waals surface area contributed by atoms with Crippen molar-refractivity contribution >= 4 is 11.0 Å². The van der Waals surface area contributed by atoms with Gasteiger partial charge in [0.15, 0.2) is 0 Å². The maximum absolute atomic E-state index is 6.13. The maximum atomic E-state index is 6.13. The highest BCUT2D eigenvalue weighted by atomic mass is 16.5. The van der Waals surface area contributed by atoms with E-state index in [1.54, 1.807) is 0 Å². The van der Waals surface area contributed by atoms with Gasteiger partial charge in [-0.1, -0.05) is 26.0 Å². The number of aryl methyl sites for hydroxylation is 1. The van der Waals surface area contributed by atoms with E-state index in [0.29, 0.717) is 0 Å². The summed E-state index contributed by atoms with van der Waals surface area (Å²) in [6.07, 6.45) is 2.23. The third-order valence-corrected chi connectivity index (χ3v) is 4.69. The lowest BCUT2D eigenvalue weighted by Gasteiger charge is -2.40. The van der Waals surface area contributed by atoms with Crippen LogP contribution in [0.1, 0.15) is 38.6 Å². The summed E-state index contributed by atoms with van der Waals surface area (Å²) >= 11 is 0. The van der Waals surface area contributed by atoms with Crippen molar-refractivity contribution in [2.45, 2.75) is 38.3 Å². The third kappa shape index (κ3) is 2.13. The monoisotopic (exact) mass is 273 g/mol. The minimum atomic E-state index is 0.0404. The Labute approximate surface area is 120 Å². The van der Waals surface area contributed by atoms with Crippen molar-refractivity contribution in [1.29, 1.82) is 0 Å². The number of ether oxygens (including phenoxy) is 1. The summed E-state index contributed by atoms with van der Waals surface area (Å²) in [5, 5.41) is 3.67. The Morgan fingerprint density at radius 2 is 2.10 bits per heavy atom. The number of aromatic nitrogens is 2. The van der Waals surface area contributed by atoms with E-state index in [4.69, 9.17) is 9.72 Å². The number of rotatable bonds is 3. The molecule has 1 aromatic heterocycles. The average molecular weight is 273 g/mol. The number of nitrogens with zero attached hydrogens (tertiary/aromatic N) is 2. The van der Waals surface area contributed by atoms with Crippen LogP contribution in [0.4, 0.5) is 0 Å². The first kappa shape index (κ1) is 13.6. The fourth-order valence-corrected chi connectivity index (χ4v) is 3.00. The van der Waals surface area contributed by atoms with Crippen LogP contribution in [0.5, 0.6) is 0 Å². The van der Waals surface area contributed by atoms with Crippen molar-refractivity contribution in [2.24, 2.45) is 7.05 Å². The van der Waals surface area contributed by atoms with Crippen molar-refractivity contribution in [3.63, 3.8) is 0 Å². The number of morpholine rings is 1. The number of hydrogen-bond donors (Lipinski definition) is 1. The van der Waals surface area contributed by atoms with Gasteiger partial charge in [0.25, 0.3) is 0 Å². The molecule has 1 fully saturated rings.